The highest BCUT2D eigenvalue weighted by Gasteiger charge is 2.30. The molecule has 2 atom stereocenters. The Morgan fingerprint density at radius 2 is 2.12 bits per heavy atom. The van der Waals surface area contributed by atoms with Crippen LogP contribution in [0.3, 0.4) is 0 Å². The molecule has 1 aromatic carbocycles. The number of nitrogens with one attached hydrogen (secondary N) is 1. The molecule has 1 fully saturated rings. The van der Waals surface area contributed by atoms with E-state index < -0.39 is 27.8 Å². The summed E-state index contributed by atoms with van der Waals surface area (Å²) in [5.41, 5.74) is 0.648. The first-order chi connectivity index (χ1) is 11.3. The lowest BCUT2D eigenvalue weighted by atomic mass is 10.1. The molecule has 2 rings (SSSR count). The first-order valence-corrected chi connectivity index (χ1v) is 9.33. The molecule has 8 heteroatoms. The van der Waals surface area contributed by atoms with Crippen LogP contribution in [-0.4, -0.2) is 37.9 Å². The predicted octanol–water partition coefficient (Wildman–Crippen LogP) is 1.25. The van der Waals surface area contributed by atoms with Gasteiger partial charge in [-0.25, -0.2) is 8.42 Å². The molecule has 1 amide bonds. The van der Waals surface area contributed by atoms with E-state index in [0.717, 1.165) is 0 Å². The zero-order valence-electron chi connectivity index (χ0n) is 13.2. The van der Waals surface area contributed by atoms with E-state index in [1.807, 2.05) is 6.07 Å². The number of rotatable bonds is 5. The maximum atomic E-state index is 12.1. The number of anilines is 1. The van der Waals surface area contributed by atoms with Crippen LogP contribution in [0.1, 0.15) is 25.3 Å². The number of carbonyl (C=O) groups excluding carboxylic acids is 2. The maximum absolute atomic E-state index is 12.1. The first-order valence-electron chi connectivity index (χ1n) is 7.50. The molecule has 24 heavy (non-hydrogen) atoms. The second-order valence-electron chi connectivity index (χ2n) is 5.75. The van der Waals surface area contributed by atoms with E-state index in [2.05, 4.69) is 5.32 Å². The molecule has 1 aliphatic heterocycles. The summed E-state index contributed by atoms with van der Waals surface area (Å²) in [5.74, 6) is -1.33. The van der Waals surface area contributed by atoms with Crippen LogP contribution < -0.4 is 5.32 Å². The third kappa shape index (κ3) is 4.80. The quantitative estimate of drug-likeness (QED) is 0.800. The van der Waals surface area contributed by atoms with Gasteiger partial charge in [-0.05, 0) is 31.4 Å². The summed E-state index contributed by atoms with van der Waals surface area (Å²) < 4.78 is 27.8. The molecule has 7 nitrogen and oxygen atoms in total. The first kappa shape index (κ1) is 17.9. The average molecular weight is 350 g/mol. The minimum atomic E-state index is -3.05. The van der Waals surface area contributed by atoms with Crippen molar-refractivity contribution in [2.45, 2.75) is 25.9 Å². The van der Waals surface area contributed by atoms with Crippen LogP contribution in [0.4, 0.5) is 5.69 Å². The Hall–Kier alpha value is -2.40. The second kappa shape index (κ2) is 7.45. The third-order valence-corrected chi connectivity index (χ3v) is 5.60. The van der Waals surface area contributed by atoms with Gasteiger partial charge in [0.25, 0.3) is 5.91 Å². The summed E-state index contributed by atoms with van der Waals surface area (Å²) in [6, 6.07) is 8.45. The van der Waals surface area contributed by atoms with Crippen molar-refractivity contribution in [2.24, 2.45) is 5.92 Å². The van der Waals surface area contributed by atoms with Crippen molar-refractivity contribution in [1.82, 2.24) is 0 Å². The molecule has 1 aliphatic rings. The van der Waals surface area contributed by atoms with Crippen LogP contribution in [0.2, 0.25) is 0 Å². The average Bonchev–Trinajstić information content (AvgIpc) is 2.86. The number of benzene rings is 1. The van der Waals surface area contributed by atoms with Gasteiger partial charge >= 0.3 is 5.97 Å². The van der Waals surface area contributed by atoms with Gasteiger partial charge in [-0.3, -0.25) is 9.59 Å². The molecule has 0 aromatic heterocycles. The summed E-state index contributed by atoms with van der Waals surface area (Å²) in [7, 11) is -3.05. The number of hydrogen-bond donors (Lipinski definition) is 1. The monoisotopic (exact) mass is 350 g/mol. The fourth-order valence-electron chi connectivity index (χ4n) is 2.49. The van der Waals surface area contributed by atoms with Gasteiger partial charge in [0.2, 0.25) is 0 Å². The Morgan fingerprint density at radius 3 is 2.75 bits per heavy atom. The van der Waals surface area contributed by atoms with Gasteiger partial charge in [0.1, 0.15) is 6.07 Å². The van der Waals surface area contributed by atoms with Gasteiger partial charge in [-0.1, -0.05) is 12.1 Å². The number of hydrogen-bond acceptors (Lipinski definition) is 6. The van der Waals surface area contributed by atoms with E-state index in [1.54, 1.807) is 24.3 Å². The smallest absolute Gasteiger partial charge is 0.306 e. The Bertz CT molecular complexity index is 782. The van der Waals surface area contributed by atoms with Crippen molar-refractivity contribution in [2.75, 3.05) is 16.8 Å². The highest BCUT2D eigenvalue weighted by atomic mass is 32.2. The molecule has 0 spiro atoms. The summed E-state index contributed by atoms with van der Waals surface area (Å²) >= 11 is 0. The number of nitrogens with zero attached hydrogens (tertiary/aromatic N) is 1. The lowest BCUT2D eigenvalue weighted by Gasteiger charge is -2.15. The molecular weight excluding hydrogens is 332 g/mol. The highest BCUT2D eigenvalue weighted by molar-refractivity contribution is 7.91. The third-order valence-electron chi connectivity index (χ3n) is 3.76. The van der Waals surface area contributed by atoms with E-state index in [9.17, 15) is 18.0 Å². The van der Waals surface area contributed by atoms with Gasteiger partial charge in [0.15, 0.2) is 15.9 Å². The van der Waals surface area contributed by atoms with Crippen LogP contribution in [0.5, 0.6) is 0 Å². The number of esters is 1. The Kier molecular flexibility index (Phi) is 5.57. The van der Waals surface area contributed by atoms with Gasteiger partial charge in [0, 0.05) is 6.42 Å². The van der Waals surface area contributed by atoms with Crippen molar-refractivity contribution in [3.63, 3.8) is 0 Å². The highest BCUT2D eigenvalue weighted by Crippen LogP contribution is 2.22. The van der Waals surface area contributed by atoms with E-state index >= 15 is 0 Å². The minimum absolute atomic E-state index is 0.0157. The van der Waals surface area contributed by atoms with Crippen molar-refractivity contribution >= 4 is 27.4 Å². The zero-order valence-corrected chi connectivity index (χ0v) is 14.0. The fourth-order valence-corrected chi connectivity index (χ4v) is 4.35. The molecule has 128 valence electrons. The predicted molar refractivity (Wildman–Crippen MR) is 86.7 cm³/mol. The number of ether oxygens (including phenoxy) is 1. The van der Waals surface area contributed by atoms with Crippen LogP contribution in [0.25, 0.3) is 0 Å². The standard InChI is InChI=1S/C16H18N2O5S/c1-11(16(20)18-14-5-3-2-4-13(14)9-17)23-15(19)8-12-6-7-24(21,22)10-12/h2-5,11-12H,6-8,10H2,1H3,(H,18,20)/t11-,12+/m1/s1. The molecule has 1 heterocycles. The number of nitriles is 1. The van der Waals surface area contributed by atoms with Crippen molar-refractivity contribution in [3.05, 3.63) is 29.8 Å². The molecule has 1 aromatic rings. The number of amides is 1. The summed E-state index contributed by atoms with van der Waals surface area (Å²) in [5, 5.41) is 11.5. The van der Waals surface area contributed by atoms with Gasteiger partial charge in [-0.15, -0.1) is 0 Å². The molecule has 0 unspecified atom stereocenters. The fraction of sp³-hybridized carbons (Fsp3) is 0.438. The van der Waals surface area contributed by atoms with Crippen LogP contribution in [0, 0.1) is 17.2 Å². The molecule has 1 N–H and O–H groups in total. The van der Waals surface area contributed by atoms with E-state index in [4.69, 9.17) is 10.00 Å². The lowest BCUT2D eigenvalue weighted by molar-refractivity contribution is -0.153. The topological polar surface area (TPSA) is 113 Å². The Balaban J connectivity index is 1.87. The number of para-hydroxylation sites is 1. The number of sulfone groups is 1. The molecule has 0 saturated carbocycles. The zero-order chi connectivity index (χ0) is 17.7. The van der Waals surface area contributed by atoms with E-state index in [-0.39, 0.29) is 23.8 Å². The lowest BCUT2D eigenvalue weighted by Crippen LogP contribution is -2.30. The molecule has 0 bridgehead atoms. The van der Waals surface area contributed by atoms with Crippen molar-refractivity contribution < 1.29 is 22.7 Å². The molecule has 0 aliphatic carbocycles. The normalized spacial score (nSPS) is 19.9. The van der Waals surface area contributed by atoms with Crippen molar-refractivity contribution in [3.8, 4) is 6.07 Å². The molecule has 1 saturated heterocycles. The van der Waals surface area contributed by atoms with E-state index in [1.165, 1.54) is 6.92 Å². The largest absolute Gasteiger partial charge is 0.453 e. The van der Waals surface area contributed by atoms with Gasteiger partial charge in [0.05, 0.1) is 22.8 Å². The summed E-state index contributed by atoms with van der Waals surface area (Å²) in [4.78, 5) is 23.9. The van der Waals surface area contributed by atoms with E-state index in [0.29, 0.717) is 17.7 Å². The molecular formula is C16H18N2O5S. The summed E-state index contributed by atoms with van der Waals surface area (Å²) in [6.45, 7) is 1.42. The second-order valence-corrected chi connectivity index (χ2v) is 7.98. The van der Waals surface area contributed by atoms with Gasteiger partial charge < -0.3 is 10.1 Å². The Morgan fingerprint density at radius 1 is 1.42 bits per heavy atom. The van der Waals surface area contributed by atoms with Crippen LogP contribution >= 0.6 is 0 Å². The maximum Gasteiger partial charge on any atom is 0.306 e. The van der Waals surface area contributed by atoms with Gasteiger partial charge in [-0.2, -0.15) is 5.26 Å². The number of carbonyl (C=O) groups is 2. The molecule has 0 radical (unpaired) electrons. The summed E-state index contributed by atoms with van der Waals surface area (Å²) in [6.07, 6.45) is -0.624. The van der Waals surface area contributed by atoms with Crippen LogP contribution in [-0.2, 0) is 24.2 Å². The van der Waals surface area contributed by atoms with Crippen LogP contribution in [0.15, 0.2) is 24.3 Å². The van der Waals surface area contributed by atoms with Crippen molar-refractivity contribution in [1.29, 1.82) is 5.26 Å². The SMILES string of the molecule is C[C@@H](OC(=O)C[C@@H]1CCS(=O)(=O)C1)C(=O)Nc1ccccc1C#N. The Labute approximate surface area is 140 Å². The minimum Gasteiger partial charge on any atom is -0.453 e.